The molecular formula is C16H26N6O3. The van der Waals surface area contributed by atoms with Crippen LogP contribution in [-0.2, 0) is 13.1 Å². The SMILES string of the molecule is Cc1nnc(CN(CC(C)C)c2c(N)n(CC(C)C)c(=O)[nH]c2=O)o1. The smallest absolute Gasteiger partial charge is 0.330 e. The lowest BCUT2D eigenvalue weighted by molar-refractivity contribution is 0.454. The van der Waals surface area contributed by atoms with Gasteiger partial charge in [-0.05, 0) is 11.8 Å². The van der Waals surface area contributed by atoms with Gasteiger partial charge in [-0.15, -0.1) is 10.2 Å². The molecule has 0 radical (unpaired) electrons. The average molecular weight is 350 g/mol. The number of aromatic amines is 1. The largest absolute Gasteiger partial charge is 0.424 e. The molecule has 9 heteroatoms. The number of nitrogens with two attached hydrogens (primary N) is 1. The molecule has 0 aliphatic heterocycles. The summed E-state index contributed by atoms with van der Waals surface area (Å²) in [6, 6.07) is 0. The molecule has 0 bridgehead atoms. The van der Waals surface area contributed by atoms with Gasteiger partial charge in [0.1, 0.15) is 11.5 Å². The summed E-state index contributed by atoms with van der Waals surface area (Å²) in [6.45, 7) is 10.9. The molecule has 0 aliphatic rings. The topological polar surface area (TPSA) is 123 Å². The zero-order valence-electron chi connectivity index (χ0n) is 15.4. The quantitative estimate of drug-likeness (QED) is 0.767. The monoisotopic (exact) mass is 350 g/mol. The normalized spacial score (nSPS) is 11.5. The Balaban J connectivity index is 2.51. The van der Waals surface area contributed by atoms with E-state index in [2.05, 4.69) is 15.2 Å². The first-order valence-electron chi connectivity index (χ1n) is 8.35. The van der Waals surface area contributed by atoms with Gasteiger partial charge in [-0.3, -0.25) is 14.3 Å². The van der Waals surface area contributed by atoms with Crippen LogP contribution in [0, 0.1) is 18.8 Å². The molecule has 0 amide bonds. The highest BCUT2D eigenvalue weighted by molar-refractivity contribution is 5.62. The van der Waals surface area contributed by atoms with E-state index in [0.717, 1.165) is 0 Å². The maximum absolute atomic E-state index is 12.5. The molecule has 2 aromatic rings. The van der Waals surface area contributed by atoms with E-state index in [-0.39, 0.29) is 29.9 Å². The van der Waals surface area contributed by atoms with Gasteiger partial charge in [-0.1, -0.05) is 27.7 Å². The van der Waals surface area contributed by atoms with Crippen LogP contribution in [0.15, 0.2) is 14.0 Å². The summed E-state index contributed by atoms with van der Waals surface area (Å²) in [5.74, 6) is 1.45. The van der Waals surface area contributed by atoms with Gasteiger partial charge in [0.05, 0.1) is 6.54 Å². The van der Waals surface area contributed by atoms with E-state index in [1.165, 1.54) is 4.57 Å². The zero-order chi connectivity index (χ0) is 18.7. The van der Waals surface area contributed by atoms with Crippen LogP contribution < -0.4 is 21.9 Å². The Kier molecular flexibility index (Phi) is 5.66. The molecule has 0 aromatic carbocycles. The Labute approximate surface area is 145 Å². The van der Waals surface area contributed by atoms with E-state index >= 15 is 0 Å². The van der Waals surface area contributed by atoms with Crippen LogP contribution in [0.1, 0.15) is 39.5 Å². The fourth-order valence-electron chi connectivity index (χ4n) is 2.67. The van der Waals surface area contributed by atoms with Gasteiger partial charge in [-0.25, -0.2) is 4.79 Å². The maximum atomic E-state index is 12.5. The number of H-pyrrole nitrogens is 1. The van der Waals surface area contributed by atoms with E-state index in [1.54, 1.807) is 11.8 Å². The summed E-state index contributed by atoms with van der Waals surface area (Å²) in [5, 5.41) is 7.80. The summed E-state index contributed by atoms with van der Waals surface area (Å²) < 4.78 is 6.83. The van der Waals surface area contributed by atoms with Crippen LogP contribution in [0.4, 0.5) is 11.5 Å². The Hall–Kier alpha value is -2.58. The number of nitrogen functional groups attached to an aromatic ring is 1. The maximum Gasteiger partial charge on any atom is 0.330 e. The van der Waals surface area contributed by atoms with E-state index in [1.807, 2.05) is 27.7 Å². The number of anilines is 2. The molecule has 0 atom stereocenters. The third-order valence-electron chi connectivity index (χ3n) is 3.56. The van der Waals surface area contributed by atoms with Crippen LogP contribution >= 0.6 is 0 Å². The van der Waals surface area contributed by atoms with Crippen molar-refractivity contribution in [3.8, 4) is 0 Å². The minimum atomic E-state index is -0.514. The Morgan fingerprint density at radius 1 is 1.20 bits per heavy atom. The van der Waals surface area contributed by atoms with Gasteiger partial charge >= 0.3 is 5.69 Å². The molecule has 0 saturated heterocycles. The first kappa shape index (κ1) is 18.8. The molecule has 25 heavy (non-hydrogen) atoms. The van der Waals surface area contributed by atoms with Crippen LogP contribution in [0.3, 0.4) is 0 Å². The van der Waals surface area contributed by atoms with Crippen LogP contribution in [0.2, 0.25) is 0 Å². The first-order valence-corrected chi connectivity index (χ1v) is 8.35. The fraction of sp³-hybridized carbons (Fsp3) is 0.625. The summed E-state index contributed by atoms with van der Waals surface area (Å²) in [5.41, 5.74) is 5.44. The summed E-state index contributed by atoms with van der Waals surface area (Å²) in [4.78, 5) is 28.7. The predicted octanol–water partition coefficient (Wildman–Crippen LogP) is 1.13. The molecule has 0 fully saturated rings. The number of nitrogens with one attached hydrogen (secondary N) is 1. The van der Waals surface area contributed by atoms with Gasteiger partial charge in [-0.2, -0.15) is 0 Å². The lowest BCUT2D eigenvalue weighted by atomic mass is 10.2. The zero-order valence-corrected chi connectivity index (χ0v) is 15.4. The van der Waals surface area contributed by atoms with Crippen molar-refractivity contribution in [3.05, 3.63) is 32.6 Å². The van der Waals surface area contributed by atoms with Gasteiger partial charge in [0.15, 0.2) is 0 Å². The number of hydrogen-bond donors (Lipinski definition) is 2. The van der Waals surface area contributed by atoms with E-state index in [0.29, 0.717) is 24.9 Å². The van der Waals surface area contributed by atoms with E-state index in [4.69, 9.17) is 10.2 Å². The highest BCUT2D eigenvalue weighted by atomic mass is 16.4. The van der Waals surface area contributed by atoms with Gasteiger partial charge in [0.25, 0.3) is 5.56 Å². The second-order valence-electron chi connectivity index (χ2n) is 6.99. The van der Waals surface area contributed by atoms with E-state index in [9.17, 15) is 9.59 Å². The molecule has 138 valence electrons. The Bertz CT molecular complexity index is 833. The summed E-state index contributed by atoms with van der Waals surface area (Å²) >= 11 is 0. The Morgan fingerprint density at radius 3 is 2.40 bits per heavy atom. The van der Waals surface area contributed by atoms with Crippen molar-refractivity contribution in [3.63, 3.8) is 0 Å². The molecule has 3 N–H and O–H groups in total. The first-order chi connectivity index (χ1) is 11.7. The predicted molar refractivity (Wildman–Crippen MR) is 95.5 cm³/mol. The molecular weight excluding hydrogens is 324 g/mol. The van der Waals surface area contributed by atoms with Crippen molar-refractivity contribution in [2.24, 2.45) is 11.8 Å². The lowest BCUT2D eigenvalue weighted by Gasteiger charge is -2.26. The van der Waals surface area contributed by atoms with Crippen molar-refractivity contribution < 1.29 is 4.42 Å². The molecule has 2 rings (SSSR count). The molecule has 0 aliphatic carbocycles. The highest BCUT2D eigenvalue weighted by Gasteiger charge is 2.22. The Morgan fingerprint density at radius 2 is 1.88 bits per heavy atom. The number of nitrogens with zero attached hydrogens (tertiary/aromatic N) is 4. The number of hydrogen-bond acceptors (Lipinski definition) is 7. The van der Waals surface area contributed by atoms with Crippen molar-refractivity contribution in [2.45, 2.75) is 47.7 Å². The highest BCUT2D eigenvalue weighted by Crippen LogP contribution is 2.21. The van der Waals surface area contributed by atoms with Crippen molar-refractivity contribution in [1.29, 1.82) is 0 Å². The number of aromatic nitrogens is 4. The van der Waals surface area contributed by atoms with Crippen molar-refractivity contribution in [1.82, 2.24) is 19.7 Å². The standard InChI is InChI=1S/C16H26N6O3/c1-9(2)6-21(8-12-20-19-11(5)25-12)13-14(17)22(7-10(3)4)16(24)18-15(13)23/h9-10H,6-8,17H2,1-5H3,(H,18,23,24). The number of rotatable bonds is 7. The second-order valence-corrected chi connectivity index (χ2v) is 6.99. The summed E-state index contributed by atoms with van der Waals surface area (Å²) in [7, 11) is 0. The minimum absolute atomic E-state index is 0.152. The summed E-state index contributed by atoms with van der Waals surface area (Å²) in [6.07, 6.45) is 0. The minimum Gasteiger partial charge on any atom is -0.424 e. The second kappa shape index (κ2) is 7.54. The van der Waals surface area contributed by atoms with Crippen LogP contribution in [0.5, 0.6) is 0 Å². The lowest BCUT2D eigenvalue weighted by Crippen LogP contribution is -2.40. The third-order valence-corrected chi connectivity index (χ3v) is 3.56. The van der Waals surface area contributed by atoms with Crippen molar-refractivity contribution >= 4 is 11.5 Å². The molecule has 9 nitrogen and oxygen atoms in total. The molecule has 0 saturated carbocycles. The van der Waals surface area contributed by atoms with Gasteiger partial charge in [0.2, 0.25) is 11.8 Å². The molecule has 2 aromatic heterocycles. The molecule has 0 unspecified atom stereocenters. The number of aryl methyl sites for hydroxylation is 1. The van der Waals surface area contributed by atoms with Gasteiger partial charge < -0.3 is 15.1 Å². The molecule has 0 spiro atoms. The van der Waals surface area contributed by atoms with E-state index < -0.39 is 11.2 Å². The third kappa shape index (κ3) is 4.49. The average Bonchev–Trinajstić information content (AvgIpc) is 2.87. The van der Waals surface area contributed by atoms with Gasteiger partial charge in [0, 0.05) is 20.0 Å². The van der Waals surface area contributed by atoms with Crippen molar-refractivity contribution in [2.75, 3.05) is 17.2 Å². The molecule has 2 heterocycles. The van der Waals surface area contributed by atoms with Crippen LogP contribution in [0.25, 0.3) is 0 Å². The fourth-order valence-corrected chi connectivity index (χ4v) is 2.67. The van der Waals surface area contributed by atoms with Crippen LogP contribution in [-0.4, -0.2) is 26.3 Å².